The average molecular weight is 333 g/mol. The highest BCUT2D eigenvalue weighted by Gasteiger charge is 2.19. The van der Waals surface area contributed by atoms with Gasteiger partial charge < -0.3 is 29.0 Å². The first-order valence-electron chi connectivity index (χ1n) is 7.54. The van der Waals surface area contributed by atoms with Crippen molar-refractivity contribution in [1.29, 1.82) is 0 Å². The van der Waals surface area contributed by atoms with Crippen molar-refractivity contribution in [3.8, 4) is 11.5 Å². The Labute approximate surface area is 139 Å². The summed E-state index contributed by atoms with van der Waals surface area (Å²) < 4.78 is 20.9. The van der Waals surface area contributed by atoms with E-state index in [1.54, 1.807) is 31.4 Å². The number of benzene rings is 1. The molecule has 1 saturated heterocycles. The number of nitrogens with one attached hydrogen (secondary N) is 1. The maximum atomic E-state index is 12.3. The monoisotopic (exact) mass is 333 g/mol. The third-order valence-corrected chi connectivity index (χ3v) is 3.69. The largest absolute Gasteiger partial charge is 0.493 e. The van der Waals surface area contributed by atoms with Crippen LogP contribution in [-0.2, 0) is 4.74 Å². The van der Waals surface area contributed by atoms with E-state index in [4.69, 9.17) is 18.7 Å². The van der Waals surface area contributed by atoms with Crippen LogP contribution in [0.15, 0.2) is 28.8 Å². The Kier molecular flexibility index (Phi) is 4.85. The van der Waals surface area contributed by atoms with Gasteiger partial charge in [-0.1, -0.05) is 5.16 Å². The quantitative estimate of drug-likeness (QED) is 0.892. The number of morpholine rings is 1. The Bertz CT molecular complexity index is 709. The fraction of sp³-hybridized carbons (Fsp3) is 0.375. The number of hydrogen-bond acceptors (Lipinski definition) is 7. The number of methoxy groups -OCH3 is 2. The molecule has 0 radical (unpaired) electrons. The molecule has 3 rings (SSSR count). The molecule has 0 atom stereocenters. The Morgan fingerprint density at radius 2 is 1.92 bits per heavy atom. The molecule has 0 saturated carbocycles. The van der Waals surface area contributed by atoms with E-state index in [2.05, 4.69) is 10.5 Å². The average Bonchev–Trinajstić information content (AvgIpc) is 3.12. The van der Waals surface area contributed by atoms with E-state index in [-0.39, 0.29) is 11.6 Å². The van der Waals surface area contributed by atoms with Gasteiger partial charge in [0.25, 0.3) is 5.91 Å². The number of hydrogen-bond donors (Lipinski definition) is 1. The number of anilines is 2. The molecule has 1 aromatic heterocycles. The van der Waals surface area contributed by atoms with E-state index < -0.39 is 0 Å². The summed E-state index contributed by atoms with van der Waals surface area (Å²) in [5.74, 6) is 1.33. The van der Waals surface area contributed by atoms with Crippen LogP contribution in [0.1, 0.15) is 10.5 Å². The van der Waals surface area contributed by atoms with Crippen LogP contribution in [0.3, 0.4) is 0 Å². The summed E-state index contributed by atoms with van der Waals surface area (Å²) in [7, 11) is 3.09. The van der Waals surface area contributed by atoms with Crippen LogP contribution < -0.4 is 19.7 Å². The number of aromatic nitrogens is 1. The predicted molar refractivity (Wildman–Crippen MR) is 87.0 cm³/mol. The number of amides is 1. The lowest BCUT2D eigenvalue weighted by atomic mass is 10.2. The van der Waals surface area contributed by atoms with E-state index >= 15 is 0 Å². The molecule has 2 aromatic rings. The minimum Gasteiger partial charge on any atom is -0.493 e. The molecule has 1 aromatic carbocycles. The topological polar surface area (TPSA) is 86.1 Å². The maximum Gasteiger partial charge on any atom is 0.277 e. The van der Waals surface area contributed by atoms with Crippen molar-refractivity contribution in [1.82, 2.24) is 5.16 Å². The van der Waals surface area contributed by atoms with Crippen molar-refractivity contribution in [2.75, 3.05) is 50.7 Å². The molecule has 8 nitrogen and oxygen atoms in total. The number of nitrogens with zero attached hydrogens (tertiary/aromatic N) is 2. The van der Waals surface area contributed by atoms with Gasteiger partial charge in [0.1, 0.15) is 0 Å². The third kappa shape index (κ3) is 3.43. The van der Waals surface area contributed by atoms with E-state index in [1.165, 1.54) is 7.11 Å². The van der Waals surface area contributed by atoms with Gasteiger partial charge in [0.15, 0.2) is 17.2 Å². The van der Waals surface area contributed by atoms with Gasteiger partial charge in [-0.25, -0.2) is 0 Å². The van der Waals surface area contributed by atoms with Crippen LogP contribution in [0.25, 0.3) is 0 Å². The number of ether oxygens (including phenoxy) is 3. The summed E-state index contributed by atoms with van der Waals surface area (Å²) in [5.41, 5.74) is 0.792. The molecule has 0 aliphatic carbocycles. The Morgan fingerprint density at radius 1 is 1.17 bits per heavy atom. The first-order valence-corrected chi connectivity index (χ1v) is 7.54. The summed E-state index contributed by atoms with van der Waals surface area (Å²) in [5, 5.41) is 6.60. The highest BCUT2D eigenvalue weighted by atomic mass is 16.5. The fourth-order valence-corrected chi connectivity index (χ4v) is 2.41. The fourth-order valence-electron chi connectivity index (χ4n) is 2.41. The molecule has 24 heavy (non-hydrogen) atoms. The lowest BCUT2D eigenvalue weighted by molar-refractivity contribution is 0.101. The highest BCUT2D eigenvalue weighted by molar-refractivity contribution is 6.03. The zero-order valence-electron chi connectivity index (χ0n) is 13.6. The van der Waals surface area contributed by atoms with Gasteiger partial charge in [0.2, 0.25) is 5.88 Å². The van der Waals surface area contributed by atoms with Crippen molar-refractivity contribution >= 4 is 17.5 Å². The molecule has 1 amide bonds. The van der Waals surface area contributed by atoms with Crippen LogP contribution in [-0.4, -0.2) is 51.6 Å². The van der Waals surface area contributed by atoms with Crippen molar-refractivity contribution in [2.45, 2.75) is 0 Å². The second-order valence-electron chi connectivity index (χ2n) is 5.17. The lowest BCUT2D eigenvalue weighted by Gasteiger charge is -2.25. The summed E-state index contributed by atoms with van der Waals surface area (Å²) in [4.78, 5) is 14.3. The van der Waals surface area contributed by atoms with Gasteiger partial charge >= 0.3 is 0 Å². The smallest absolute Gasteiger partial charge is 0.277 e. The second kappa shape index (κ2) is 7.22. The molecule has 1 aliphatic rings. The first kappa shape index (κ1) is 16.1. The van der Waals surface area contributed by atoms with Crippen molar-refractivity contribution in [3.63, 3.8) is 0 Å². The van der Waals surface area contributed by atoms with E-state index in [9.17, 15) is 4.79 Å². The van der Waals surface area contributed by atoms with E-state index in [0.717, 1.165) is 0 Å². The summed E-state index contributed by atoms with van der Waals surface area (Å²) in [6, 6.07) is 6.75. The van der Waals surface area contributed by atoms with Gasteiger partial charge in [-0.2, -0.15) is 0 Å². The van der Waals surface area contributed by atoms with Crippen LogP contribution in [0.2, 0.25) is 0 Å². The molecule has 0 bridgehead atoms. The number of rotatable bonds is 5. The SMILES string of the molecule is COc1ccc(NC(=O)c2cc(N3CCOCC3)on2)cc1OC. The zero-order chi connectivity index (χ0) is 16.9. The Balaban J connectivity index is 1.70. The van der Waals surface area contributed by atoms with Crippen molar-refractivity contribution < 1.29 is 23.5 Å². The first-order chi connectivity index (χ1) is 11.7. The van der Waals surface area contributed by atoms with E-state index in [0.29, 0.717) is 49.4 Å². The molecule has 1 N–H and O–H groups in total. The summed E-state index contributed by atoms with van der Waals surface area (Å²) >= 11 is 0. The highest BCUT2D eigenvalue weighted by Crippen LogP contribution is 2.30. The van der Waals surface area contributed by atoms with Gasteiger partial charge in [0, 0.05) is 30.9 Å². The van der Waals surface area contributed by atoms with Crippen molar-refractivity contribution in [2.24, 2.45) is 0 Å². The number of carbonyl (C=O) groups excluding carboxylic acids is 1. The minimum atomic E-state index is -0.356. The van der Waals surface area contributed by atoms with Crippen LogP contribution in [0, 0.1) is 0 Å². The van der Waals surface area contributed by atoms with Gasteiger partial charge in [-0.3, -0.25) is 4.79 Å². The standard InChI is InChI=1S/C16H19N3O5/c1-21-13-4-3-11(9-14(13)22-2)17-16(20)12-10-15(24-18-12)19-5-7-23-8-6-19/h3-4,9-10H,5-8H2,1-2H3,(H,17,20). The van der Waals surface area contributed by atoms with E-state index in [1.807, 2.05) is 4.90 Å². The van der Waals surface area contributed by atoms with Gasteiger partial charge in [-0.15, -0.1) is 0 Å². The Hall–Kier alpha value is -2.74. The number of carbonyl (C=O) groups is 1. The molecule has 1 fully saturated rings. The molecular weight excluding hydrogens is 314 g/mol. The molecule has 8 heteroatoms. The lowest BCUT2D eigenvalue weighted by Crippen LogP contribution is -2.35. The molecule has 2 heterocycles. The van der Waals surface area contributed by atoms with Crippen molar-refractivity contribution in [3.05, 3.63) is 30.0 Å². The Morgan fingerprint density at radius 3 is 2.62 bits per heavy atom. The summed E-state index contributed by atoms with van der Waals surface area (Å²) in [6.07, 6.45) is 0. The molecular formula is C16H19N3O5. The summed E-state index contributed by atoms with van der Waals surface area (Å²) in [6.45, 7) is 2.69. The molecule has 0 spiro atoms. The third-order valence-electron chi connectivity index (χ3n) is 3.69. The van der Waals surface area contributed by atoms with Gasteiger partial charge in [-0.05, 0) is 12.1 Å². The second-order valence-corrected chi connectivity index (χ2v) is 5.17. The van der Waals surface area contributed by atoms with Crippen LogP contribution in [0.4, 0.5) is 11.6 Å². The molecule has 0 unspecified atom stereocenters. The normalized spacial score (nSPS) is 14.3. The minimum absolute atomic E-state index is 0.214. The predicted octanol–water partition coefficient (Wildman–Crippen LogP) is 1.78. The maximum absolute atomic E-state index is 12.3. The van der Waals surface area contributed by atoms with Crippen LogP contribution >= 0.6 is 0 Å². The van der Waals surface area contributed by atoms with Crippen LogP contribution in [0.5, 0.6) is 11.5 Å². The molecule has 128 valence electrons. The van der Waals surface area contributed by atoms with Gasteiger partial charge in [0.05, 0.1) is 27.4 Å². The zero-order valence-corrected chi connectivity index (χ0v) is 13.6. The molecule has 1 aliphatic heterocycles.